The Morgan fingerprint density at radius 1 is 1.11 bits per heavy atom. The lowest BCUT2D eigenvalue weighted by Crippen LogP contribution is -2.18. The van der Waals surface area contributed by atoms with E-state index in [1.165, 1.54) is 12.4 Å². The molecule has 0 amide bonds. The van der Waals surface area contributed by atoms with E-state index in [9.17, 15) is 4.39 Å². The molecule has 3 N–H and O–H groups in total. The van der Waals surface area contributed by atoms with Gasteiger partial charge in [-0.15, -0.1) is 0 Å². The van der Waals surface area contributed by atoms with E-state index in [0.29, 0.717) is 17.3 Å². The number of anilines is 3. The van der Waals surface area contributed by atoms with Crippen LogP contribution in [0.4, 0.5) is 21.7 Å². The molecule has 0 bridgehead atoms. The van der Waals surface area contributed by atoms with Crippen LogP contribution in [0.5, 0.6) is 0 Å². The van der Waals surface area contributed by atoms with Gasteiger partial charge in [-0.25, -0.2) is 14.4 Å². The minimum absolute atomic E-state index is 0.314. The van der Waals surface area contributed by atoms with Crippen molar-refractivity contribution >= 4 is 17.3 Å². The highest BCUT2D eigenvalue weighted by atomic mass is 19.1. The minimum atomic E-state index is -0.314. The largest absolute Gasteiger partial charge is 0.369 e. The van der Waals surface area contributed by atoms with Gasteiger partial charge in [-0.1, -0.05) is 12.1 Å². The lowest BCUT2D eigenvalue weighted by molar-refractivity contribution is 0.632. The van der Waals surface area contributed by atoms with E-state index in [4.69, 9.17) is 0 Å². The van der Waals surface area contributed by atoms with Gasteiger partial charge in [-0.3, -0.25) is 0 Å². The van der Waals surface area contributed by atoms with Gasteiger partial charge in [0.1, 0.15) is 23.8 Å². The summed E-state index contributed by atoms with van der Waals surface area (Å²) < 4.78 is 13.5. The van der Waals surface area contributed by atoms with E-state index >= 15 is 0 Å². The molecule has 0 spiro atoms. The van der Waals surface area contributed by atoms with Crippen molar-refractivity contribution in [3.63, 3.8) is 0 Å². The highest BCUT2D eigenvalue weighted by Gasteiger charge is 2.03. The van der Waals surface area contributed by atoms with Crippen LogP contribution >= 0.6 is 0 Å². The first-order chi connectivity index (χ1) is 9.29. The third-order valence-electron chi connectivity index (χ3n) is 2.48. The zero-order valence-corrected chi connectivity index (χ0v) is 10.7. The second-order valence-electron chi connectivity index (χ2n) is 3.92. The highest BCUT2D eigenvalue weighted by Crippen LogP contribution is 2.18. The number of para-hydroxylation sites is 1. The first-order valence-electron chi connectivity index (χ1n) is 6.01. The van der Waals surface area contributed by atoms with E-state index in [1.54, 1.807) is 24.3 Å². The van der Waals surface area contributed by atoms with Crippen LogP contribution in [0.3, 0.4) is 0 Å². The van der Waals surface area contributed by atoms with Gasteiger partial charge in [0.25, 0.3) is 0 Å². The van der Waals surface area contributed by atoms with Gasteiger partial charge in [-0.2, -0.15) is 0 Å². The molecule has 0 saturated heterocycles. The standard InChI is InChI=1S/C13H16FN5/c1-15-6-7-16-12-8-13(18-9-17-12)19-11-5-3-2-4-10(11)14/h2-5,8-9,15H,6-7H2,1H3,(H2,16,17,18,19). The van der Waals surface area contributed by atoms with Crippen molar-refractivity contribution in [2.24, 2.45) is 0 Å². The Bertz CT molecular complexity index is 532. The summed E-state index contributed by atoms with van der Waals surface area (Å²) in [5.41, 5.74) is 0.391. The molecule has 0 unspecified atom stereocenters. The number of hydrogen-bond donors (Lipinski definition) is 3. The SMILES string of the molecule is CNCCNc1cc(Nc2ccccc2F)ncn1. The molecule has 0 saturated carbocycles. The van der Waals surface area contributed by atoms with E-state index in [-0.39, 0.29) is 5.82 Å². The molecule has 1 aromatic heterocycles. The Morgan fingerprint density at radius 3 is 2.68 bits per heavy atom. The Kier molecular flexibility index (Phi) is 4.63. The second-order valence-corrected chi connectivity index (χ2v) is 3.92. The highest BCUT2D eigenvalue weighted by molar-refractivity contribution is 5.59. The smallest absolute Gasteiger partial charge is 0.146 e. The van der Waals surface area contributed by atoms with Gasteiger partial charge >= 0.3 is 0 Å². The van der Waals surface area contributed by atoms with Crippen LogP contribution in [-0.2, 0) is 0 Å². The molecule has 0 fully saturated rings. The van der Waals surface area contributed by atoms with Crippen molar-refractivity contribution in [3.8, 4) is 0 Å². The number of benzene rings is 1. The van der Waals surface area contributed by atoms with Crippen LogP contribution in [0.1, 0.15) is 0 Å². The maximum atomic E-state index is 13.5. The van der Waals surface area contributed by atoms with Gasteiger partial charge in [0.15, 0.2) is 0 Å². The molecule has 0 aliphatic heterocycles. The number of nitrogens with zero attached hydrogens (tertiary/aromatic N) is 2. The fourth-order valence-electron chi connectivity index (χ4n) is 1.54. The molecule has 0 aliphatic carbocycles. The predicted molar refractivity (Wildman–Crippen MR) is 74.1 cm³/mol. The summed E-state index contributed by atoms with van der Waals surface area (Å²) in [6.07, 6.45) is 1.44. The third kappa shape index (κ3) is 3.89. The van der Waals surface area contributed by atoms with Crippen LogP contribution in [0.15, 0.2) is 36.7 Å². The van der Waals surface area contributed by atoms with Crippen molar-refractivity contribution in [2.45, 2.75) is 0 Å². The van der Waals surface area contributed by atoms with Gasteiger partial charge in [0.2, 0.25) is 0 Å². The molecular formula is C13H16FN5. The average Bonchev–Trinajstić information content (AvgIpc) is 2.42. The van der Waals surface area contributed by atoms with E-state index in [2.05, 4.69) is 25.9 Å². The number of hydrogen-bond acceptors (Lipinski definition) is 5. The Morgan fingerprint density at radius 2 is 1.89 bits per heavy atom. The molecule has 2 aromatic rings. The molecule has 5 nitrogen and oxygen atoms in total. The van der Waals surface area contributed by atoms with E-state index in [1.807, 2.05) is 7.05 Å². The number of likely N-dealkylation sites (N-methyl/N-ethyl adjacent to an activating group) is 1. The Balaban J connectivity index is 2.05. The molecule has 6 heteroatoms. The minimum Gasteiger partial charge on any atom is -0.369 e. The van der Waals surface area contributed by atoms with Crippen molar-refractivity contribution in [1.82, 2.24) is 15.3 Å². The van der Waals surface area contributed by atoms with Crippen LogP contribution in [-0.4, -0.2) is 30.1 Å². The second kappa shape index (κ2) is 6.65. The average molecular weight is 261 g/mol. The number of aromatic nitrogens is 2. The van der Waals surface area contributed by atoms with Crippen molar-refractivity contribution in [2.75, 3.05) is 30.8 Å². The summed E-state index contributed by atoms with van der Waals surface area (Å²) in [5.74, 6) is 0.932. The van der Waals surface area contributed by atoms with Crippen LogP contribution in [0.25, 0.3) is 0 Å². The van der Waals surface area contributed by atoms with Crippen molar-refractivity contribution in [1.29, 1.82) is 0 Å². The molecule has 1 aromatic carbocycles. The van der Waals surface area contributed by atoms with E-state index < -0.39 is 0 Å². The Hall–Kier alpha value is -2.21. The lowest BCUT2D eigenvalue weighted by Gasteiger charge is -2.09. The summed E-state index contributed by atoms with van der Waals surface area (Å²) in [7, 11) is 1.88. The summed E-state index contributed by atoms with van der Waals surface area (Å²) >= 11 is 0. The zero-order chi connectivity index (χ0) is 13.5. The van der Waals surface area contributed by atoms with Crippen LogP contribution in [0.2, 0.25) is 0 Å². The molecule has 2 rings (SSSR count). The monoisotopic (exact) mass is 261 g/mol. The lowest BCUT2D eigenvalue weighted by atomic mass is 10.3. The quantitative estimate of drug-likeness (QED) is 0.694. The van der Waals surface area contributed by atoms with Crippen molar-refractivity contribution < 1.29 is 4.39 Å². The summed E-state index contributed by atoms with van der Waals surface area (Å²) in [5, 5.41) is 9.09. The molecule has 1 heterocycles. The molecular weight excluding hydrogens is 245 g/mol. The molecule has 100 valence electrons. The summed E-state index contributed by atoms with van der Waals surface area (Å²) in [4.78, 5) is 8.15. The molecule has 19 heavy (non-hydrogen) atoms. The first kappa shape index (κ1) is 13.2. The summed E-state index contributed by atoms with van der Waals surface area (Å²) in [6, 6.07) is 8.20. The van der Waals surface area contributed by atoms with Crippen LogP contribution in [0, 0.1) is 5.82 Å². The Labute approximate surface area is 111 Å². The number of halogens is 1. The van der Waals surface area contributed by atoms with Gasteiger partial charge in [-0.05, 0) is 19.2 Å². The van der Waals surface area contributed by atoms with E-state index in [0.717, 1.165) is 13.1 Å². The third-order valence-corrected chi connectivity index (χ3v) is 2.48. The molecule has 0 atom stereocenters. The topological polar surface area (TPSA) is 61.9 Å². The fraction of sp³-hybridized carbons (Fsp3) is 0.231. The molecule has 0 aliphatic rings. The number of rotatable bonds is 6. The maximum absolute atomic E-state index is 13.5. The first-order valence-corrected chi connectivity index (χ1v) is 6.01. The van der Waals surface area contributed by atoms with Gasteiger partial charge < -0.3 is 16.0 Å². The molecule has 0 radical (unpaired) electrons. The van der Waals surface area contributed by atoms with Gasteiger partial charge in [0.05, 0.1) is 5.69 Å². The fourth-order valence-corrected chi connectivity index (χ4v) is 1.54. The summed E-state index contributed by atoms with van der Waals surface area (Å²) in [6.45, 7) is 1.59. The van der Waals surface area contributed by atoms with Gasteiger partial charge in [0, 0.05) is 19.2 Å². The zero-order valence-electron chi connectivity index (χ0n) is 10.7. The predicted octanol–water partition coefficient (Wildman–Crippen LogP) is 1.99. The number of nitrogens with one attached hydrogen (secondary N) is 3. The normalized spacial score (nSPS) is 10.2. The van der Waals surface area contributed by atoms with Crippen LogP contribution < -0.4 is 16.0 Å². The van der Waals surface area contributed by atoms with Crippen molar-refractivity contribution in [3.05, 3.63) is 42.5 Å². The maximum Gasteiger partial charge on any atom is 0.146 e.